The summed E-state index contributed by atoms with van der Waals surface area (Å²) in [6.45, 7) is 2.73. The van der Waals surface area contributed by atoms with E-state index in [0.717, 1.165) is 0 Å². The summed E-state index contributed by atoms with van der Waals surface area (Å²) in [6, 6.07) is 6.01. The van der Waals surface area contributed by atoms with Crippen LogP contribution in [0, 0.1) is 5.92 Å². The molecule has 0 aromatic heterocycles. The van der Waals surface area contributed by atoms with Crippen molar-refractivity contribution in [1.29, 1.82) is 0 Å². The Hall–Kier alpha value is -1.07. The summed E-state index contributed by atoms with van der Waals surface area (Å²) in [6.07, 6.45) is 0. The van der Waals surface area contributed by atoms with E-state index < -0.39 is 27.0 Å². The van der Waals surface area contributed by atoms with Crippen LogP contribution in [0.5, 0.6) is 0 Å². The monoisotopic (exact) mass is 276 g/mol. The van der Waals surface area contributed by atoms with E-state index in [0.29, 0.717) is 0 Å². The maximum Gasteiger partial charge on any atom is 0.307 e. The topological polar surface area (TPSA) is 71.4 Å². The van der Waals surface area contributed by atoms with Gasteiger partial charge in [0, 0.05) is 0 Å². The normalized spacial score (nSPS) is 15.2. The minimum absolute atomic E-state index is 0.0257. The Bertz CT molecular complexity index is 524. The molecule has 4 nitrogen and oxygen atoms in total. The van der Waals surface area contributed by atoms with Gasteiger partial charge in [0.25, 0.3) is 0 Å². The number of aliphatic carboxylic acids is 1. The molecule has 0 aliphatic carbocycles. The fourth-order valence-electron chi connectivity index (χ4n) is 1.35. The Kier molecular flexibility index (Phi) is 4.16. The van der Waals surface area contributed by atoms with E-state index in [1.165, 1.54) is 26.0 Å². The van der Waals surface area contributed by atoms with Gasteiger partial charge in [0.15, 0.2) is 9.84 Å². The van der Waals surface area contributed by atoms with Crippen LogP contribution in [0.15, 0.2) is 29.2 Å². The summed E-state index contributed by atoms with van der Waals surface area (Å²) in [4.78, 5) is 10.8. The van der Waals surface area contributed by atoms with E-state index in [2.05, 4.69) is 0 Å². The number of benzene rings is 1. The van der Waals surface area contributed by atoms with Crippen molar-refractivity contribution in [2.75, 3.05) is 0 Å². The highest BCUT2D eigenvalue weighted by molar-refractivity contribution is 7.92. The summed E-state index contributed by atoms with van der Waals surface area (Å²) >= 11 is 5.81. The smallest absolute Gasteiger partial charge is 0.307 e. The highest BCUT2D eigenvalue weighted by atomic mass is 35.5. The average Bonchev–Trinajstić information content (AvgIpc) is 2.27. The first-order valence-electron chi connectivity index (χ1n) is 4.99. The second-order valence-electron chi connectivity index (χ2n) is 3.81. The van der Waals surface area contributed by atoms with Crippen molar-refractivity contribution in [2.45, 2.75) is 24.0 Å². The quantitative estimate of drug-likeness (QED) is 0.915. The van der Waals surface area contributed by atoms with Crippen LogP contribution < -0.4 is 0 Å². The Labute approximate surface area is 105 Å². The Morgan fingerprint density at radius 3 is 2.29 bits per heavy atom. The van der Waals surface area contributed by atoms with Gasteiger partial charge < -0.3 is 5.11 Å². The van der Waals surface area contributed by atoms with E-state index in [1.807, 2.05) is 0 Å². The van der Waals surface area contributed by atoms with E-state index >= 15 is 0 Å². The number of carbonyl (C=O) groups is 1. The van der Waals surface area contributed by atoms with Gasteiger partial charge in [-0.25, -0.2) is 8.42 Å². The molecule has 0 saturated heterocycles. The number of carboxylic acid groups (broad SMARTS) is 1. The predicted molar refractivity (Wildman–Crippen MR) is 64.9 cm³/mol. The van der Waals surface area contributed by atoms with Crippen molar-refractivity contribution in [1.82, 2.24) is 0 Å². The van der Waals surface area contributed by atoms with Crippen LogP contribution in [0.2, 0.25) is 5.02 Å². The summed E-state index contributed by atoms with van der Waals surface area (Å²) in [5, 5.41) is 7.91. The van der Waals surface area contributed by atoms with Gasteiger partial charge in [-0.15, -0.1) is 0 Å². The van der Waals surface area contributed by atoms with Gasteiger partial charge in [-0.05, 0) is 19.1 Å². The van der Waals surface area contributed by atoms with Crippen molar-refractivity contribution >= 4 is 27.4 Å². The predicted octanol–water partition coefficient (Wildman–Crippen LogP) is 2.22. The molecule has 0 spiro atoms. The van der Waals surface area contributed by atoms with Crippen LogP contribution in [-0.4, -0.2) is 24.7 Å². The summed E-state index contributed by atoms with van der Waals surface area (Å²) < 4.78 is 24.3. The van der Waals surface area contributed by atoms with Crippen LogP contribution in [0.25, 0.3) is 0 Å². The zero-order valence-corrected chi connectivity index (χ0v) is 11.0. The lowest BCUT2D eigenvalue weighted by atomic mass is 10.1. The number of carboxylic acids is 1. The van der Waals surface area contributed by atoms with E-state index in [4.69, 9.17) is 16.7 Å². The molecule has 94 valence electrons. The molecule has 0 aliphatic heterocycles. The van der Waals surface area contributed by atoms with E-state index in [1.54, 1.807) is 12.1 Å². The molecule has 0 radical (unpaired) electrons. The number of hydrogen-bond acceptors (Lipinski definition) is 3. The summed E-state index contributed by atoms with van der Waals surface area (Å²) in [5.41, 5.74) is 0. The summed E-state index contributed by atoms with van der Waals surface area (Å²) in [7, 11) is -3.73. The van der Waals surface area contributed by atoms with Gasteiger partial charge in [-0.3, -0.25) is 4.79 Å². The first-order chi connectivity index (χ1) is 7.78. The number of rotatable bonds is 4. The molecule has 1 rings (SSSR count). The first-order valence-corrected chi connectivity index (χ1v) is 6.92. The molecule has 2 atom stereocenters. The van der Waals surface area contributed by atoms with Crippen molar-refractivity contribution in [3.63, 3.8) is 0 Å². The molecule has 6 heteroatoms. The molecule has 1 N–H and O–H groups in total. The highest BCUT2D eigenvalue weighted by Crippen LogP contribution is 2.27. The maximum atomic E-state index is 12.2. The lowest BCUT2D eigenvalue weighted by Crippen LogP contribution is -2.30. The number of sulfone groups is 1. The molecule has 0 bridgehead atoms. The van der Waals surface area contributed by atoms with Gasteiger partial charge in [-0.1, -0.05) is 30.7 Å². The number of hydrogen-bond donors (Lipinski definition) is 1. The third kappa shape index (κ3) is 2.79. The fourth-order valence-corrected chi connectivity index (χ4v) is 3.47. The largest absolute Gasteiger partial charge is 0.481 e. The number of halogens is 1. The second-order valence-corrected chi connectivity index (χ2v) is 6.49. The minimum Gasteiger partial charge on any atom is -0.481 e. The standard InChI is InChI=1S/C11H13ClO4S/c1-7(11(13)14)8(2)17(15,16)10-6-4-3-5-9(10)12/h3-8H,1-2H3,(H,13,14). The third-order valence-electron chi connectivity index (χ3n) is 2.73. The van der Waals surface area contributed by atoms with Crippen LogP contribution in [0.4, 0.5) is 0 Å². The molecule has 2 unspecified atom stereocenters. The summed E-state index contributed by atoms with van der Waals surface area (Å²) in [5.74, 6) is -2.13. The van der Waals surface area contributed by atoms with Gasteiger partial charge in [0.05, 0.1) is 21.1 Å². The van der Waals surface area contributed by atoms with Crippen molar-refractivity contribution < 1.29 is 18.3 Å². The van der Waals surface area contributed by atoms with Crippen molar-refractivity contribution in [2.24, 2.45) is 5.92 Å². The Morgan fingerprint density at radius 1 is 1.29 bits per heavy atom. The Morgan fingerprint density at radius 2 is 1.82 bits per heavy atom. The SMILES string of the molecule is CC(C(=O)O)C(C)S(=O)(=O)c1ccccc1Cl. The maximum absolute atomic E-state index is 12.2. The van der Waals surface area contributed by atoms with E-state index in [9.17, 15) is 13.2 Å². The van der Waals surface area contributed by atoms with Crippen molar-refractivity contribution in [3.8, 4) is 0 Å². The molecule has 0 amide bonds. The van der Waals surface area contributed by atoms with Gasteiger partial charge in [-0.2, -0.15) is 0 Å². The average molecular weight is 277 g/mol. The fraction of sp³-hybridized carbons (Fsp3) is 0.364. The second kappa shape index (κ2) is 5.06. The molecular weight excluding hydrogens is 264 g/mol. The molecule has 0 fully saturated rings. The molecule has 0 saturated carbocycles. The van der Waals surface area contributed by atoms with E-state index in [-0.39, 0.29) is 9.92 Å². The van der Waals surface area contributed by atoms with Crippen LogP contribution in [0.3, 0.4) is 0 Å². The molecule has 17 heavy (non-hydrogen) atoms. The van der Waals surface area contributed by atoms with Gasteiger partial charge >= 0.3 is 5.97 Å². The van der Waals surface area contributed by atoms with Gasteiger partial charge in [0.1, 0.15) is 0 Å². The molecular formula is C11H13ClO4S. The molecule has 0 aliphatic rings. The van der Waals surface area contributed by atoms with Crippen LogP contribution in [0.1, 0.15) is 13.8 Å². The zero-order valence-electron chi connectivity index (χ0n) is 9.42. The lowest BCUT2D eigenvalue weighted by molar-refractivity contribution is -0.141. The first kappa shape index (κ1) is 14.0. The third-order valence-corrected chi connectivity index (χ3v) is 5.52. The molecule has 1 aromatic carbocycles. The highest BCUT2D eigenvalue weighted by Gasteiger charge is 2.33. The lowest BCUT2D eigenvalue weighted by Gasteiger charge is -2.17. The Balaban J connectivity index is 3.21. The molecule has 0 heterocycles. The van der Waals surface area contributed by atoms with Crippen molar-refractivity contribution in [3.05, 3.63) is 29.3 Å². The van der Waals surface area contributed by atoms with Crippen LogP contribution in [-0.2, 0) is 14.6 Å². The van der Waals surface area contributed by atoms with Gasteiger partial charge in [0.2, 0.25) is 0 Å². The molecule has 1 aromatic rings. The van der Waals surface area contributed by atoms with Crippen LogP contribution >= 0.6 is 11.6 Å². The minimum atomic E-state index is -3.73. The zero-order chi connectivity index (χ0) is 13.2.